The van der Waals surface area contributed by atoms with Gasteiger partial charge < -0.3 is 5.32 Å². The van der Waals surface area contributed by atoms with Crippen molar-refractivity contribution >= 4 is 23.2 Å². The smallest absolute Gasteiger partial charge is 0.0595 e. The van der Waals surface area contributed by atoms with Gasteiger partial charge in [0.2, 0.25) is 0 Å². The first kappa shape index (κ1) is 15.8. The van der Waals surface area contributed by atoms with Gasteiger partial charge in [-0.3, -0.25) is 0 Å². The number of hydrogen-bond acceptors (Lipinski definition) is 1. The van der Waals surface area contributed by atoms with Gasteiger partial charge in [-0.1, -0.05) is 56.0 Å². The van der Waals surface area contributed by atoms with E-state index < -0.39 is 0 Å². The minimum Gasteiger partial charge on any atom is -0.317 e. The van der Waals surface area contributed by atoms with Gasteiger partial charge in [0.05, 0.1) is 10.0 Å². The van der Waals surface area contributed by atoms with Crippen molar-refractivity contribution in [2.75, 3.05) is 7.05 Å². The fraction of sp³-hybridized carbons (Fsp3) is 0.600. The van der Waals surface area contributed by atoms with Crippen LogP contribution in [0.2, 0.25) is 10.0 Å². The van der Waals surface area contributed by atoms with Crippen LogP contribution < -0.4 is 5.32 Å². The average molecular weight is 288 g/mol. The molecule has 0 fully saturated rings. The molecule has 0 amide bonds. The first-order valence-corrected chi connectivity index (χ1v) is 7.43. The zero-order valence-corrected chi connectivity index (χ0v) is 13.0. The molecule has 0 saturated heterocycles. The monoisotopic (exact) mass is 287 g/mol. The molecule has 18 heavy (non-hydrogen) atoms. The SMILES string of the molecule is CCCC(C)CC(Cc1ccc(Cl)c(Cl)c1)NC. The second kappa shape index (κ2) is 8.04. The van der Waals surface area contributed by atoms with E-state index in [1.54, 1.807) is 0 Å². The highest BCUT2D eigenvalue weighted by molar-refractivity contribution is 6.42. The summed E-state index contributed by atoms with van der Waals surface area (Å²) in [5.41, 5.74) is 1.24. The number of rotatable bonds is 7. The van der Waals surface area contributed by atoms with Crippen molar-refractivity contribution < 1.29 is 0 Å². The van der Waals surface area contributed by atoms with Crippen LogP contribution >= 0.6 is 23.2 Å². The lowest BCUT2D eigenvalue weighted by Crippen LogP contribution is -2.29. The van der Waals surface area contributed by atoms with Crippen LogP contribution in [0.25, 0.3) is 0 Å². The van der Waals surface area contributed by atoms with Crippen LogP contribution in [0.5, 0.6) is 0 Å². The molecule has 0 radical (unpaired) electrons. The number of likely N-dealkylation sites (N-methyl/N-ethyl adjacent to an activating group) is 1. The molecule has 1 N–H and O–H groups in total. The van der Waals surface area contributed by atoms with Crippen molar-refractivity contribution in [3.8, 4) is 0 Å². The fourth-order valence-corrected chi connectivity index (χ4v) is 2.67. The van der Waals surface area contributed by atoms with Crippen LogP contribution in [0.4, 0.5) is 0 Å². The van der Waals surface area contributed by atoms with Gasteiger partial charge in [-0.15, -0.1) is 0 Å². The van der Waals surface area contributed by atoms with Gasteiger partial charge in [0.25, 0.3) is 0 Å². The van der Waals surface area contributed by atoms with Crippen LogP contribution in [0.15, 0.2) is 18.2 Å². The van der Waals surface area contributed by atoms with Crippen LogP contribution in [0.3, 0.4) is 0 Å². The quantitative estimate of drug-likeness (QED) is 0.748. The summed E-state index contributed by atoms with van der Waals surface area (Å²) in [5.74, 6) is 0.759. The summed E-state index contributed by atoms with van der Waals surface area (Å²) in [6.07, 6.45) is 4.75. The first-order valence-electron chi connectivity index (χ1n) is 6.68. The van der Waals surface area contributed by atoms with E-state index in [9.17, 15) is 0 Å². The molecule has 2 atom stereocenters. The van der Waals surface area contributed by atoms with Gasteiger partial charge in [0.15, 0.2) is 0 Å². The Morgan fingerprint density at radius 1 is 1.22 bits per heavy atom. The molecule has 1 nitrogen and oxygen atoms in total. The first-order chi connectivity index (χ1) is 8.56. The van der Waals surface area contributed by atoms with Gasteiger partial charge in [-0.05, 0) is 43.5 Å². The highest BCUT2D eigenvalue weighted by Gasteiger charge is 2.12. The molecule has 102 valence electrons. The molecule has 1 aromatic rings. The van der Waals surface area contributed by atoms with E-state index in [2.05, 4.69) is 25.2 Å². The summed E-state index contributed by atoms with van der Waals surface area (Å²) in [7, 11) is 2.03. The third-order valence-corrected chi connectivity index (χ3v) is 4.08. The third kappa shape index (κ3) is 5.17. The summed E-state index contributed by atoms with van der Waals surface area (Å²) >= 11 is 12.0. The summed E-state index contributed by atoms with van der Waals surface area (Å²) in [6, 6.07) is 6.41. The fourth-order valence-electron chi connectivity index (χ4n) is 2.35. The molecule has 2 unspecified atom stereocenters. The van der Waals surface area contributed by atoms with E-state index in [1.807, 2.05) is 19.2 Å². The molecule has 0 bridgehead atoms. The number of hydrogen-bond donors (Lipinski definition) is 1. The lowest BCUT2D eigenvalue weighted by atomic mass is 9.93. The Balaban J connectivity index is 2.59. The summed E-state index contributed by atoms with van der Waals surface area (Å²) in [4.78, 5) is 0. The molecule has 0 saturated carbocycles. The maximum atomic E-state index is 6.04. The second-order valence-corrected chi connectivity index (χ2v) is 5.88. The molecular weight excluding hydrogens is 265 g/mol. The molecule has 0 aliphatic heterocycles. The van der Waals surface area contributed by atoms with Gasteiger partial charge in [-0.2, -0.15) is 0 Å². The topological polar surface area (TPSA) is 12.0 Å². The zero-order valence-electron chi connectivity index (χ0n) is 11.5. The Bertz CT molecular complexity index is 366. The van der Waals surface area contributed by atoms with Gasteiger partial charge >= 0.3 is 0 Å². The highest BCUT2D eigenvalue weighted by atomic mass is 35.5. The van der Waals surface area contributed by atoms with Crippen LogP contribution in [-0.4, -0.2) is 13.1 Å². The van der Waals surface area contributed by atoms with E-state index in [1.165, 1.54) is 24.8 Å². The van der Waals surface area contributed by atoms with Crippen molar-refractivity contribution in [3.63, 3.8) is 0 Å². The normalized spacial score (nSPS) is 14.5. The predicted molar refractivity (Wildman–Crippen MR) is 81.7 cm³/mol. The van der Waals surface area contributed by atoms with E-state index in [4.69, 9.17) is 23.2 Å². The number of benzene rings is 1. The third-order valence-electron chi connectivity index (χ3n) is 3.34. The van der Waals surface area contributed by atoms with Crippen LogP contribution in [0, 0.1) is 5.92 Å². The van der Waals surface area contributed by atoms with E-state index in [0.29, 0.717) is 16.1 Å². The minimum atomic E-state index is 0.504. The van der Waals surface area contributed by atoms with Crippen molar-refractivity contribution in [2.45, 2.75) is 45.6 Å². The molecule has 0 aliphatic rings. The van der Waals surface area contributed by atoms with Crippen LogP contribution in [0.1, 0.15) is 38.7 Å². The highest BCUT2D eigenvalue weighted by Crippen LogP contribution is 2.24. The minimum absolute atomic E-state index is 0.504. The summed E-state index contributed by atoms with van der Waals surface area (Å²) in [5, 5.41) is 4.67. The average Bonchev–Trinajstić information content (AvgIpc) is 2.33. The molecule has 0 aromatic heterocycles. The maximum absolute atomic E-state index is 6.04. The Kier molecular flexibility index (Phi) is 7.06. The van der Waals surface area contributed by atoms with Gasteiger partial charge in [0, 0.05) is 6.04 Å². The Labute approximate surface area is 121 Å². The largest absolute Gasteiger partial charge is 0.317 e. The Hall–Kier alpha value is -0.240. The lowest BCUT2D eigenvalue weighted by Gasteiger charge is -2.20. The predicted octanol–water partition coefficient (Wildman–Crippen LogP) is 4.95. The summed E-state index contributed by atoms with van der Waals surface area (Å²) < 4.78 is 0. The van der Waals surface area contributed by atoms with Crippen molar-refractivity contribution in [3.05, 3.63) is 33.8 Å². The molecule has 0 heterocycles. The van der Waals surface area contributed by atoms with Crippen molar-refractivity contribution in [1.29, 1.82) is 0 Å². The zero-order chi connectivity index (χ0) is 13.5. The van der Waals surface area contributed by atoms with E-state index in [0.717, 1.165) is 12.3 Å². The standard InChI is InChI=1S/C15H23Cl2N/c1-4-5-11(2)8-13(18-3)9-12-6-7-14(16)15(17)10-12/h6-7,10-11,13,18H,4-5,8-9H2,1-3H3. The lowest BCUT2D eigenvalue weighted by molar-refractivity contribution is 0.397. The molecule has 0 spiro atoms. The van der Waals surface area contributed by atoms with Crippen LogP contribution in [-0.2, 0) is 6.42 Å². The molecule has 0 aliphatic carbocycles. The van der Waals surface area contributed by atoms with Gasteiger partial charge in [0.1, 0.15) is 0 Å². The van der Waals surface area contributed by atoms with Crippen molar-refractivity contribution in [2.24, 2.45) is 5.92 Å². The summed E-state index contributed by atoms with van der Waals surface area (Å²) in [6.45, 7) is 4.56. The number of nitrogens with one attached hydrogen (secondary N) is 1. The number of halogens is 2. The molecule has 1 rings (SSSR count). The Morgan fingerprint density at radius 2 is 1.94 bits per heavy atom. The molecule has 3 heteroatoms. The molecular formula is C15H23Cl2N. The van der Waals surface area contributed by atoms with E-state index in [-0.39, 0.29) is 0 Å². The second-order valence-electron chi connectivity index (χ2n) is 5.07. The Morgan fingerprint density at radius 3 is 2.50 bits per heavy atom. The maximum Gasteiger partial charge on any atom is 0.0595 e. The van der Waals surface area contributed by atoms with Gasteiger partial charge in [-0.25, -0.2) is 0 Å². The molecule has 1 aromatic carbocycles. The van der Waals surface area contributed by atoms with E-state index >= 15 is 0 Å². The van der Waals surface area contributed by atoms with Crippen molar-refractivity contribution in [1.82, 2.24) is 5.32 Å².